The Morgan fingerprint density at radius 2 is 0.900 bits per heavy atom. The van der Waals surface area contributed by atoms with Crippen LogP contribution in [0.1, 0.15) is 118 Å². The summed E-state index contributed by atoms with van der Waals surface area (Å²) >= 11 is 0. The monoisotopic (exact) mass is 817 g/mol. The summed E-state index contributed by atoms with van der Waals surface area (Å²) in [5, 5.41) is 0. The molecule has 0 radical (unpaired) electrons. The molecule has 2 aliphatic rings. The van der Waals surface area contributed by atoms with E-state index in [4.69, 9.17) is 29.8 Å². The maximum atomic E-state index is 7.85. The standard InChI is InChI=1S/C54H70O6/c1-7-10-12-24-53(23-11-8-2)49-37-41(4)13-19-45(49)47-21-17-43(39-51(47)53)14-15-44-18-22-48-46-20-16-42(9-3)38-50(46)54(52(48)40-44,25-27-57-33-35-59-31-29-55-5)26-28-58-34-36-60-32-30-56-6/h9,13-22,37-40H,3,7-8,10-12,23-36H2,1-2,4-6H3/b15-14+/i3T/b9-3?,15-14+. The van der Waals surface area contributed by atoms with Crippen LogP contribution in [-0.4, -0.2) is 80.3 Å². The summed E-state index contributed by atoms with van der Waals surface area (Å²) in [6.45, 7) is 13.7. The molecule has 0 saturated carbocycles. The third-order valence-electron chi connectivity index (χ3n) is 12.7. The van der Waals surface area contributed by atoms with Crippen LogP contribution in [0.2, 0.25) is 0 Å². The van der Waals surface area contributed by atoms with Crippen molar-refractivity contribution in [3.63, 3.8) is 0 Å². The Hall–Kier alpha value is -3.88. The van der Waals surface area contributed by atoms with Crippen LogP contribution < -0.4 is 0 Å². The number of ether oxygens (including phenoxy) is 6. The molecule has 2 aliphatic carbocycles. The molecule has 60 heavy (non-hydrogen) atoms. The lowest BCUT2D eigenvalue weighted by Crippen LogP contribution is -2.30. The topological polar surface area (TPSA) is 55.4 Å². The fraction of sp³-hybridized carbons (Fsp3) is 0.481. The zero-order valence-electron chi connectivity index (χ0n) is 38.1. The zero-order valence-corrected chi connectivity index (χ0v) is 37.1. The fourth-order valence-corrected chi connectivity index (χ4v) is 9.56. The molecular weight excluding hydrogens is 745 g/mol. The van der Waals surface area contributed by atoms with E-state index in [1.807, 2.05) is 6.08 Å². The highest BCUT2D eigenvalue weighted by molar-refractivity contribution is 5.86. The molecule has 0 amide bonds. The van der Waals surface area contributed by atoms with Crippen molar-refractivity contribution in [1.29, 1.82) is 0 Å². The van der Waals surface area contributed by atoms with E-state index in [-0.39, 0.29) is 10.8 Å². The van der Waals surface area contributed by atoms with Gasteiger partial charge in [0.2, 0.25) is 0 Å². The molecule has 322 valence electrons. The maximum Gasteiger partial charge on any atom is 0.0701 e. The lowest BCUT2D eigenvalue weighted by molar-refractivity contribution is 0.0145. The predicted octanol–water partition coefficient (Wildman–Crippen LogP) is 12.3. The molecule has 0 N–H and O–H groups in total. The van der Waals surface area contributed by atoms with Crippen molar-refractivity contribution in [3.05, 3.63) is 124 Å². The zero-order chi connectivity index (χ0) is 42.9. The lowest BCUT2D eigenvalue weighted by Gasteiger charge is -2.33. The van der Waals surface area contributed by atoms with E-state index in [9.17, 15) is 0 Å². The van der Waals surface area contributed by atoms with Crippen LogP contribution in [0.5, 0.6) is 0 Å². The molecule has 4 aromatic carbocycles. The SMILES string of the molecule is [3H]C=Cc1ccc2c(c1)C(CCOCCOCCOC)(CCOCCOCCOC)c1cc(/C=C/c3ccc4c(c3)C(CCCC)(CCCCC)c3cc(C)ccc3-4)ccc1-2. The van der Waals surface area contributed by atoms with Crippen molar-refractivity contribution in [1.82, 2.24) is 0 Å². The van der Waals surface area contributed by atoms with E-state index >= 15 is 0 Å². The first-order valence-corrected chi connectivity index (χ1v) is 22.5. The molecule has 0 aliphatic heterocycles. The average molecular weight is 817 g/mol. The van der Waals surface area contributed by atoms with Crippen LogP contribution in [0.25, 0.3) is 40.5 Å². The molecule has 6 nitrogen and oxygen atoms in total. The molecule has 4 aromatic rings. The third-order valence-corrected chi connectivity index (χ3v) is 12.7. The van der Waals surface area contributed by atoms with E-state index in [2.05, 4.69) is 106 Å². The Morgan fingerprint density at radius 1 is 0.483 bits per heavy atom. The fourth-order valence-electron chi connectivity index (χ4n) is 9.56. The smallest absolute Gasteiger partial charge is 0.0701 e. The minimum atomic E-state index is -0.358. The summed E-state index contributed by atoms with van der Waals surface area (Å²) < 4.78 is 42.1. The largest absolute Gasteiger partial charge is 0.382 e. The third kappa shape index (κ3) is 10.6. The first kappa shape index (κ1) is 44.2. The Bertz CT molecular complexity index is 2030. The molecule has 0 heterocycles. The van der Waals surface area contributed by atoms with E-state index in [1.165, 1.54) is 113 Å². The first-order valence-electron chi connectivity index (χ1n) is 23.1. The van der Waals surface area contributed by atoms with Crippen LogP contribution in [0.15, 0.2) is 79.4 Å². The molecular formula is C54H70O6. The van der Waals surface area contributed by atoms with Crippen molar-refractivity contribution < 1.29 is 29.8 Å². The van der Waals surface area contributed by atoms with Crippen LogP contribution in [0.4, 0.5) is 0 Å². The maximum absolute atomic E-state index is 7.85. The van der Waals surface area contributed by atoms with E-state index in [0.717, 1.165) is 18.4 Å². The highest BCUT2D eigenvalue weighted by atomic mass is 16.5. The van der Waals surface area contributed by atoms with Crippen LogP contribution in [0, 0.1) is 6.92 Å². The first-order chi connectivity index (χ1) is 29.9. The van der Waals surface area contributed by atoms with Crippen molar-refractivity contribution in [3.8, 4) is 22.3 Å². The van der Waals surface area contributed by atoms with Gasteiger partial charge in [-0.3, -0.25) is 0 Å². The van der Waals surface area contributed by atoms with E-state index < -0.39 is 0 Å². The number of unbranched alkanes of at least 4 members (excludes halogenated alkanes) is 3. The number of aryl methyl sites for hydroxylation is 1. The predicted molar refractivity (Wildman–Crippen MR) is 249 cm³/mol. The summed E-state index contributed by atoms with van der Waals surface area (Å²) in [7, 11) is 3.36. The van der Waals surface area contributed by atoms with Gasteiger partial charge in [0.15, 0.2) is 0 Å². The normalized spacial score (nSPS) is 16.4. The van der Waals surface area contributed by atoms with Gasteiger partial charge in [0, 0.05) is 38.3 Å². The molecule has 0 spiro atoms. The van der Waals surface area contributed by atoms with Gasteiger partial charge in [-0.25, -0.2) is 0 Å². The van der Waals surface area contributed by atoms with Gasteiger partial charge in [0.1, 0.15) is 0 Å². The Morgan fingerprint density at radius 3 is 1.40 bits per heavy atom. The van der Waals surface area contributed by atoms with Gasteiger partial charge in [-0.05, 0) is 93.8 Å². The minimum Gasteiger partial charge on any atom is -0.382 e. The van der Waals surface area contributed by atoms with Crippen molar-refractivity contribution in [2.24, 2.45) is 0 Å². The molecule has 1 unspecified atom stereocenters. The number of methoxy groups -OCH3 is 2. The van der Waals surface area contributed by atoms with Crippen LogP contribution in [-0.2, 0) is 39.3 Å². The molecule has 0 fully saturated rings. The highest BCUT2D eigenvalue weighted by Gasteiger charge is 2.44. The van der Waals surface area contributed by atoms with Gasteiger partial charge in [-0.1, -0.05) is 149 Å². The quantitative estimate of drug-likeness (QED) is 0.0420. The van der Waals surface area contributed by atoms with E-state index in [0.29, 0.717) is 66.1 Å². The van der Waals surface area contributed by atoms with Crippen LogP contribution in [0.3, 0.4) is 0 Å². The van der Waals surface area contributed by atoms with Gasteiger partial charge in [-0.15, -0.1) is 0 Å². The number of rotatable bonds is 28. The molecule has 0 saturated heterocycles. The van der Waals surface area contributed by atoms with Crippen molar-refractivity contribution in [2.75, 3.05) is 80.3 Å². The van der Waals surface area contributed by atoms with Gasteiger partial charge in [0.05, 0.1) is 54.2 Å². The molecule has 6 heteroatoms. The lowest BCUT2D eigenvalue weighted by atomic mass is 9.70. The molecule has 6 rings (SSSR count). The second-order valence-corrected chi connectivity index (χ2v) is 16.6. The van der Waals surface area contributed by atoms with Gasteiger partial charge in [-0.2, -0.15) is 0 Å². The van der Waals surface area contributed by atoms with E-state index in [1.54, 1.807) is 14.2 Å². The second kappa shape index (κ2) is 22.8. The Balaban J connectivity index is 1.33. The number of hydrogen-bond acceptors (Lipinski definition) is 6. The number of hydrogen-bond donors (Lipinski definition) is 0. The van der Waals surface area contributed by atoms with Crippen LogP contribution >= 0.6 is 0 Å². The molecule has 1 atom stereocenters. The Labute approximate surface area is 362 Å². The van der Waals surface area contributed by atoms with Gasteiger partial charge >= 0.3 is 0 Å². The summed E-state index contributed by atoms with van der Waals surface area (Å²) in [5.41, 5.74) is 15.4. The van der Waals surface area contributed by atoms with Crippen molar-refractivity contribution in [2.45, 2.75) is 89.4 Å². The molecule has 0 aromatic heterocycles. The van der Waals surface area contributed by atoms with Crippen molar-refractivity contribution >= 4 is 18.2 Å². The number of benzene rings is 4. The summed E-state index contributed by atoms with van der Waals surface area (Å²) in [5.74, 6) is 0. The molecule has 0 bridgehead atoms. The highest BCUT2D eigenvalue weighted by Crippen LogP contribution is 2.55. The van der Waals surface area contributed by atoms with Gasteiger partial charge < -0.3 is 28.4 Å². The second-order valence-electron chi connectivity index (χ2n) is 16.6. The summed E-state index contributed by atoms with van der Waals surface area (Å²) in [6.07, 6.45) is 16.6. The summed E-state index contributed by atoms with van der Waals surface area (Å²) in [4.78, 5) is 0. The summed E-state index contributed by atoms with van der Waals surface area (Å²) in [6, 6.07) is 27.9. The number of fused-ring (bicyclic) bond motifs is 6. The van der Waals surface area contributed by atoms with Gasteiger partial charge in [0.25, 0.3) is 0 Å². The Kier molecular flexibility index (Phi) is 16.8. The minimum absolute atomic E-state index is 0.0505. The average Bonchev–Trinajstić information content (AvgIpc) is 3.69.